The SMILES string of the molecule is Cc1cc(CC(=O)Nc2cccc(C#N)c2)n(C)n1. The van der Waals surface area contributed by atoms with E-state index in [0.717, 1.165) is 11.4 Å². The van der Waals surface area contributed by atoms with Crippen LogP contribution in [0.1, 0.15) is 17.0 Å². The monoisotopic (exact) mass is 254 g/mol. The number of carbonyl (C=O) groups excluding carboxylic acids is 1. The first-order valence-electron chi connectivity index (χ1n) is 5.88. The Kier molecular flexibility index (Phi) is 3.62. The minimum Gasteiger partial charge on any atom is -0.326 e. The number of nitrogens with one attached hydrogen (secondary N) is 1. The fourth-order valence-electron chi connectivity index (χ4n) is 1.87. The predicted molar refractivity (Wildman–Crippen MR) is 71.4 cm³/mol. The highest BCUT2D eigenvalue weighted by atomic mass is 16.1. The van der Waals surface area contributed by atoms with Gasteiger partial charge in [-0.2, -0.15) is 10.4 Å². The van der Waals surface area contributed by atoms with Crippen molar-refractivity contribution < 1.29 is 4.79 Å². The van der Waals surface area contributed by atoms with Gasteiger partial charge in [0.05, 0.1) is 23.7 Å². The summed E-state index contributed by atoms with van der Waals surface area (Å²) in [5, 5.41) is 15.8. The van der Waals surface area contributed by atoms with Crippen LogP contribution in [0.25, 0.3) is 0 Å². The summed E-state index contributed by atoms with van der Waals surface area (Å²) in [6.07, 6.45) is 0.258. The quantitative estimate of drug-likeness (QED) is 0.907. The van der Waals surface area contributed by atoms with Gasteiger partial charge in [0, 0.05) is 18.4 Å². The standard InChI is InChI=1S/C14H14N4O/c1-10-6-13(18(2)17-10)8-14(19)16-12-5-3-4-11(7-12)9-15/h3-7H,8H2,1-2H3,(H,16,19). The first-order valence-corrected chi connectivity index (χ1v) is 5.88. The zero-order valence-corrected chi connectivity index (χ0v) is 10.8. The summed E-state index contributed by atoms with van der Waals surface area (Å²) in [6, 6.07) is 10.8. The van der Waals surface area contributed by atoms with Crippen molar-refractivity contribution in [3.63, 3.8) is 0 Å². The minimum atomic E-state index is -0.127. The Morgan fingerprint density at radius 3 is 2.89 bits per heavy atom. The summed E-state index contributed by atoms with van der Waals surface area (Å²) >= 11 is 0. The van der Waals surface area contributed by atoms with E-state index >= 15 is 0 Å². The van der Waals surface area contributed by atoms with E-state index in [2.05, 4.69) is 10.4 Å². The average molecular weight is 254 g/mol. The van der Waals surface area contributed by atoms with Gasteiger partial charge < -0.3 is 5.32 Å². The summed E-state index contributed by atoms with van der Waals surface area (Å²) in [5.74, 6) is -0.127. The second-order valence-electron chi connectivity index (χ2n) is 4.32. The Balaban J connectivity index is 2.05. The molecule has 5 nitrogen and oxygen atoms in total. The molecule has 0 saturated carbocycles. The molecule has 2 aromatic rings. The van der Waals surface area contributed by atoms with E-state index < -0.39 is 0 Å². The highest BCUT2D eigenvalue weighted by Crippen LogP contribution is 2.11. The molecule has 0 unspecified atom stereocenters. The van der Waals surface area contributed by atoms with Crippen LogP contribution in [0, 0.1) is 18.3 Å². The second kappa shape index (κ2) is 5.36. The maximum absolute atomic E-state index is 11.9. The Labute approximate surface area is 111 Å². The van der Waals surface area contributed by atoms with Crippen LogP contribution in [-0.2, 0) is 18.3 Å². The number of nitrogens with zero attached hydrogens (tertiary/aromatic N) is 3. The molecule has 0 fully saturated rings. The Hall–Kier alpha value is -2.61. The van der Waals surface area contributed by atoms with Crippen LogP contribution in [0.3, 0.4) is 0 Å². The smallest absolute Gasteiger partial charge is 0.230 e. The maximum atomic E-state index is 11.9. The molecule has 0 spiro atoms. The molecule has 19 heavy (non-hydrogen) atoms. The highest BCUT2D eigenvalue weighted by molar-refractivity contribution is 5.92. The van der Waals surface area contributed by atoms with Gasteiger partial charge in [-0.05, 0) is 31.2 Å². The molecule has 2 rings (SSSR count). The first kappa shape index (κ1) is 12.8. The van der Waals surface area contributed by atoms with Crippen LogP contribution in [0.4, 0.5) is 5.69 Å². The number of hydrogen-bond donors (Lipinski definition) is 1. The third-order valence-corrected chi connectivity index (χ3v) is 2.72. The molecular formula is C14H14N4O. The molecule has 0 aliphatic rings. The Morgan fingerprint density at radius 1 is 1.47 bits per heavy atom. The molecule has 1 N–H and O–H groups in total. The zero-order chi connectivity index (χ0) is 13.8. The van der Waals surface area contributed by atoms with E-state index in [1.807, 2.05) is 26.1 Å². The fraction of sp³-hybridized carbons (Fsp3) is 0.214. The number of hydrogen-bond acceptors (Lipinski definition) is 3. The lowest BCUT2D eigenvalue weighted by atomic mass is 10.2. The largest absolute Gasteiger partial charge is 0.326 e. The van der Waals surface area contributed by atoms with E-state index in [1.54, 1.807) is 28.9 Å². The lowest BCUT2D eigenvalue weighted by Crippen LogP contribution is -2.16. The van der Waals surface area contributed by atoms with E-state index in [1.165, 1.54) is 0 Å². The van der Waals surface area contributed by atoms with Crippen LogP contribution >= 0.6 is 0 Å². The molecule has 96 valence electrons. The third kappa shape index (κ3) is 3.19. The topological polar surface area (TPSA) is 70.7 Å². The summed E-state index contributed by atoms with van der Waals surface area (Å²) < 4.78 is 1.70. The molecule has 1 aromatic carbocycles. The number of nitriles is 1. The maximum Gasteiger partial charge on any atom is 0.230 e. The predicted octanol–water partition coefficient (Wildman–Crippen LogP) is 1.78. The molecule has 0 saturated heterocycles. The number of benzene rings is 1. The van der Waals surface area contributed by atoms with Crippen LogP contribution in [0.2, 0.25) is 0 Å². The van der Waals surface area contributed by atoms with Gasteiger partial charge in [-0.25, -0.2) is 0 Å². The van der Waals surface area contributed by atoms with E-state index in [0.29, 0.717) is 11.3 Å². The van der Waals surface area contributed by atoms with Gasteiger partial charge in [0.15, 0.2) is 0 Å². The molecule has 0 bridgehead atoms. The van der Waals surface area contributed by atoms with Gasteiger partial charge in [0.1, 0.15) is 0 Å². The van der Waals surface area contributed by atoms with E-state index in [-0.39, 0.29) is 12.3 Å². The van der Waals surface area contributed by atoms with Gasteiger partial charge in [-0.1, -0.05) is 6.07 Å². The van der Waals surface area contributed by atoms with Crippen molar-refractivity contribution in [3.05, 3.63) is 47.3 Å². The number of aryl methyl sites for hydroxylation is 2. The van der Waals surface area contributed by atoms with Gasteiger partial charge in [-0.3, -0.25) is 9.48 Å². The summed E-state index contributed by atoms with van der Waals surface area (Å²) in [6.45, 7) is 1.89. The number of rotatable bonds is 3. The third-order valence-electron chi connectivity index (χ3n) is 2.72. The van der Waals surface area contributed by atoms with Crippen molar-refractivity contribution in [2.75, 3.05) is 5.32 Å². The molecule has 1 amide bonds. The lowest BCUT2D eigenvalue weighted by Gasteiger charge is -2.05. The number of amides is 1. The van der Waals surface area contributed by atoms with Crippen molar-refractivity contribution >= 4 is 11.6 Å². The van der Waals surface area contributed by atoms with E-state index in [4.69, 9.17) is 5.26 Å². The summed E-state index contributed by atoms with van der Waals surface area (Å²) in [5.41, 5.74) is 2.89. The molecule has 1 heterocycles. The fourth-order valence-corrected chi connectivity index (χ4v) is 1.87. The van der Waals surface area contributed by atoms with E-state index in [9.17, 15) is 4.79 Å². The zero-order valence-electron chi connectivity index (χ0n) is 10.8. The Bertz CT molecular complexity index is 652. The summed E-state index contributed by atoms with van der Waals surface area (Å²) in [7, 11) is 1.81. The molecule has 0 aliphatic heterocycles. The van der Waals surface area contributed by atoms with Gasteiger partial charge >= 0.3 is 0 Å². The van der Waals surface area contributed by atoms with Crippen LogP contribution < -0.4 is 5.32 Å². The van der Waals surface area contributed by atoms with Crippen molar-refractivity contribution in [1.29, 1.82) is 5.26 Å². The van der Waals surface area contributed by atoms with Gasteiger partial charge in [0.2, 0.25) is 5.91 Å². The minimum absolute atomic E-state index is 0.127. The molecule has 1 aromatic heterocycles. The van der Waals surface area contributed by atoms with Crippen LogP contribution in [0.15, 0.2) is 30.3 Å². The number of carbonyl (C=O) groups is 1. The molecule has 0 atom stereocenters. The number of aromatic nitrogens is 2. The highest BCUT2D eigenvalue weighted by Gasteiger charge is 2.08. The van der Waals surface area contributed by atoms with Gasteiger partial charge in [-0.15, -0.1) is 0 Å². The average Bonchev–Trinajstić information content (AvgIpc) is 2.68. The van der Waals surface area contributed by atoms with Crippen molar-refractivity contribution in [3.8, 4) is 6.07 Å². The number of anilines is 1. The molecule has 5 heteroatoms. The van der Waals surface area contributed by atoms with Gasteiger partial charge in [0.25, 0.3) is 0 Å². The lowest BCUT2D eigenvalue weighted by molar-refractivity contribution is -0.115. The van der Waals surface area contributed by atoms with Crippen LogP contribution in [0.5, 0.6) is 0 Å². The normalized spacial score (nSPS) is 9.95. The van der Waals surface area contributed by atoms with Crippen molar-refractivity contribution in [2.24, 2.45) is 7.05 Å². The first-order chi connectivity index (χ1) is 9.08. The molecule has 0 aliphatic carbocycles. The molecule has 0 radical (unpaired) electrons. The summed E-state index contributed by atoms with van der Waals surface area (Å²) in [4.78, 5) is 11.9. The van der Waals surface area contributed by atoms with Crippen LogP contribution in [-0.4, -0.2) is 15.7 Å². The van der Waals surface area contributed by atoms with Crippen molar-refractivity contribution in [2.45, 2.75) is 13.3 Å². The molecular weight excluding hydrogens is 240 g/mol. The Morgan fingerprint density at radius 2 is 2.26 bits per heavy atom. The van der Waals surface area contributed by atoms with Crippen molar-refractivity contribution in [1.82, 2.24) is 9.78 Å². The second-order valence-corrected chi connectivity index (χ2v) is 4.32.